The van der Waals surface area contributed by atoms with E-state index < -0.39 is 10.0 Å². The van der Waals surface area contributed by atoms with Gasteiger partial charge >= 0.3 is 0 Å². The van der Waals surface area contributed by atoms with Gasteiger partial charge in [0.2, 0.25) is 10.0 Å². The first-order valence-electron chi connectivity index (χ1n) is 8.00. The molecule has 1 aromatic rings. The summed E-state index contributed by atoms with van der Waals surface area (Å²) in [4.78, 5) is 2.12. The summed E-state index contributed by atoms with van der Waals surface area (Å²) in [6.07, 6.45) is 2.02. The third-order valence-corrected chi connectivity index (χ3v) is 6.16. The molecule has 0 bridgehead atoms. The van der Waals surface area contributed by atoms with Gasteiger partial charge in [0.05, 0.1) is 18.9 Å². The van der Waals surface area contributed by atoms with Gasteiger partial charge in [0.25, 0.3) is 0 Å². The summed E-state index contributed by atoms with van der Waals surface area (Å²) in [6.45, 7) is 3.93. The van der Waals surface area contributed by atoms with Gasteiger partial charge in [-0.15, -0.1) is 0 Å². The predicted molar refractivity (Wildman–Crippen MR) is 88.2 cm³/mol. The van der Waals surface area contributed by atoms with E-state index in [0.717, 1.165) is 32.6 Å². The normalized spacial score (nSPS) is 26.1. The van der Waals surface area contributed by atoms with Gasteiger partial charge < -0.3 is 9.47 Å². The lowest BCUT2D eigenvalue weighted by molar-refractivity contribution is -0.0214. The smallest absolute Gasteiger partial charge is 0.243 e. The minimum Gasteiger partial charge on any atom is -0.381 e. The van der Waals surface area contributed by atoms with Crippen LogP contribution in [0.5, 0.6) is 0 Å². The molecule has 0 saturated carbocycles. The van der Waals surface area contributed by atoms with Crippen molar-refractivity contribution >= 4 is 21.6 Å². The quantitative estimate of drug-likeness (QED) is 0.793. The maximum Gasteiger partial charge on any atom is 0.243 e. The minimum atomic E-state index is -3.93. The maximum atomic E-state index is 11.9. The molecule has 3 rings (SSSR count). The number of rotatable bonds is 5. The van der Waals surface area contributed by atoms with E-state index in [1.807, 2.05) is 0 Å². The molecule has 2 aliphatic rings. The van der Waals surface area contributed by atoms with Crippen molar-refractivity contribution in [1.29, 1.82) is 0 Å². The SMILES string of the molecule is Cn1nc(CN2CCOCC2CC2CCOC2)c(S(N)(=O)=O)c1Cl. The topological polar surface area (TPSA) is 99.7 Å². The number of ether oxygens (including phenoxy) is 2. The molecule has 2 saturated heterocycles. The fourth-order valence-electron chi connectivity index (χ4n) is 3.38. The molecule has 1 aromatic heterocycles. The second-order valence-electron chi connectivity index (χ2n) is 6.40. The number of aryl methyl sites for hydroxylation is 1. The zero-order valence-corrected chi connectivity index (χ0v) is 15.2. The highest BCUT2D eigenvalue weighted by atomic mass is 35.5. The molecule has 24 heavy (non-hydrogen) atoms. The monoisotopic (exact) mass is 378 g/mol. The first kappa shape index (κ1) is 18.1. The Kier molecular flexibility index (Phi) is 5.48. The lowest BCUT2D eigenvalue weighted by atomic mass is 9.98. The zero-order chi connectivity index (χ0) is 17.3. The molecule has 2 aliphatic heterocycles. The van der Waals surface area contributed by atoms with Crippen molar-refractivity contribution in [3.8, 4) is 0 Å². The van der Waals surface area contributed by atoms with Crippen LogP contribution in [0.4, 0.5) is 0 Å². The average Bonchev–Trinajstić information content (AvgIpc) is 3.09. The van der Waals surface area contributed by atoms with Crippen molar-refractivity contribution in [2.24, 2.45) is 18.1 Å². The summed E-state index contributed by atoms with van der Waals surface area (Å²) >= 11 is 6.07. The second kappa shape index (κ2) is 7.27. The Morgan fingerprint density at radius 3 is 2.75 bits per heavy atom. The molecule has 10 heteroatoms. The summed E-state index contributed by atoms with van der Waals surface area (Å²) in [6, 6.07) is 0.208. The third-order valence-electron chi connectivity index (χ3n) is 4.62. The van der Waals surface area contributed by atoms with Crippen LogP contribution in [0.1, 0.15) is 18.5 Å². The van der Waals surface area contributed by atoms with E-state index in [2.05, 4.69) is 10.00 Å². The van der Waals surface area contributed by atoms with Crippen molar-refractivity contribution in [1.82, 2.24) is 14.7 Å². The van der Waals surface area contributed by atoms with Gasteiger partial charge in [0.1, 0.15) is 10.0 Å². The summed E-state index contributed by atoms with van der Waals surface area (Å²) in [5.41, 5.74) is 0.388. The molecular formula is C14H23ClN4O4S. The number of sulfonamides is 1. The molecule has 2 unspecified atom stereocenters. The van der Waals surface area contributed by atoms with Gasteiger partial charge in [0.15, 0.2) is 0 Å². The Bertz CT molecular complexity index is 687. The van der Waals surface area contributed by atoms with Crippen LogP contribution in [-0.2, 0) is 33.1 Å². The second-order valence-corrected chi connectivity index (χ2v) is 8.26. The molecule has 8 nitrogen and oxygen atoms in total. The summed E-state index contributed by atoms with van der Waals surface area (Å²) in [5.74, 6) is 0.518. The number of hydrogen-bond donors (Lipinski definition) is 1. The Morgan fingerprint density at radius 2 is 2.08 bits per heavy atom. The van der Waals surface area contributed by atoms with Crippen LogP contribution in [0.15, 0.2) is 4.90 Å². The highest BCUT2D eigenvalue weighted by molar-refractivity contribution is 7.89. The van der Waals surface area contributed by atoms with E-state index in [9.17, 15) is 8.42 Å². The van der Waals surface area contributed by atoms with Crippen LogP contribution in [0.25, 0.3) is 0 Å². The zero-order valence-electron chi connectivity index (χ0n) is 13.6. The van der Waals surface area contributed by atoms with Crippen LogP contribution in [-0.4, -0.2) is 62.1 Å². The Balaban J connectivity index is 1.79. The Hall–Kier alpha value is -0.710. The van der Waals surface area contributed by atoms with Gasteiger partial charge in [-0.2, -0.15) is 5.10 Å². The maximum absolute atomic E-state index is 11.9. The van der Waals surface area contributed by atoms with Gasteiger partial charge in [-0.05, 0) is 18.8 Å². The molecule has 0 radical (unpaired) electrons. The highest BCUT2D eigenvalue weighted by Crippen LogP contribution is 2.28. The fraction of sp³-hybridized carbons (Fsp3) is 0.786. The van der Waals surface area contributed by atoms with Crippen LogP contribution >= 0.6 is 11.6 Å². The summed E-state index contributed by atoms with van der Waals surface area (Å²) < 4.78 is 36.1. The van der Waals surface area contributed by atoms with E-state index in [1.54, 1.807) is 7.05 Å². The van der Waals surface area contributed by atoms with E-state index in [1.165, 1.54) is 4.68 Å². The van der Waals surface area contributed by atoms with E-state index in [4.69, 9.17) is 26.2 Å². The lowest BCUT2D eigenvalue weighted by Gasteiger charge is -2.36. The van der Waals surface area contributed by atoms with Gasteiger partial charge in [-0.1, -0.05) is 11.6 Å². The number of nitrogens with zero attached hydrogens (tertiary/aromatic N) is 3. The summed E-state index contributed by atoms with van der Waals surface area (Å²) in [5, 5.41) is 9.62. The molecule has 2 atom stereocenters. The number of hydrogen-bond acceptors (Lipinski definition) is 6. The standard InChI is InChI=1S/C14H23ClN4O4S/c1-18-14(15)13(24(16,20)21)12(17-18)7-19-3-5-23-9-11(19)6-10-2-4-22-8-10/h10-11H,2-9H2,1H3,(H2,16,20,21). The van der Waals surface area contributed by atoms with Crippen LogP contribution in [0, 0.1) is 5.92 Å². The van der Waals surface area contributed by atoms with Crippen LogP contribution in [0.3, 0.4) is 0 Å². The molecule has 136 valence electrons. The fourth-order valence-corrected chi connectivity index (χ4v) is 4.65. The predicted octanol–water partition coefficient (Wildman–Crippen LogP) is 0.348. The lowest BCUT2D eigenvalue weighted by Crippen LogP contribution is -2.46. The minimum absolute atomic E-state index is 0.0431. The molecule has 2 fully saturated rings. The molecule has 0 aliphatic carbocycles. The van der Waals surface area contributed by atoms with Crippen molar-refractivity contribution < 1.29 is 17.9 Å². The first-order valence-corrected chi connectivity index (χ1v) is 9.92. The number of nitrogens with two attached hydrogens (primary N) is 1. The highest BCUT2D eigenvalue weighted by Gasteiger charge is 2.31. The van der Waals surface area contributed by atoms with E-state index in [0.29, 0.717) is 31.4 Å². The molecule has 2 N–H and O–H groups in total. The van der Waals surface area contributed by atoms with Crippen molar-refractivity contribution in [2.45, 2.75) is 30.3 Å². The van der Waals surface area contributed by atoms with E-state index >= 15 is 0 Å². The van der Waals surface area contributed by atoms with Gasteiger partial charge in [-0.25, -0.2) is 13.6 Å². The third kappa shape index (κ3) is 3.92. The van der Waals surface area contributed by atoms with Gasteiger partial charge in [-0.3, -0.25) is 9.58 Å². The summed E-state index contributed by atoms with van der Waals surface area (Å²) in [7, 11) is -2.32. The average molecular weight is 379 g/mol. The van der Waals surface area contributed by atoms with E-state index in [-0.39, 0.29) is 16.1 Å². The number of morpholine rings is 1. The molecule has 0 spiro atoms. The molecule has 0 amide bonds. The van der Waals surface area contributed by atoms with Crippen molar-refractivity contribution in [2.75, 3.05) is 33.0 Å². The molecule has 0 aromatic carbocycles. The number of aromatic nitrogens is 2. The Labute approximate surface area is 146 Å². The largest absolute Gasteiger partial charge is 0.381 e. The Morgan fingerprint density at radius 1 is 1.33 bits per heavy atom. The number of halogens is 1. The first-order chi connectivity index (χ1) is 11.4. The van der Waals surface area contributed by atoms with Crippen LogP contribution < -0.4 is 5.14 Å². The van der Waals surface area contributed by atoms with Crippen LogP contribution in [0.2, 0.25) is 5.15 Å². The van der Waals surface area contributed by atoms with Crippen molar-refractivity contribution in [3.63, 3.8) is 0 Å². The van der Waals surface area contributed by atoms with Gasteiger partial charge in [0, 0.05) is 39.4 Å². The number of primary sulfonamides is 1. The molecule has 3 heterocycles. The van der Waals surface area contributed by atoms with Crippen molar-refractivity contribution in [3.05, 3.63) is 10.8 Å². The molecular weight excluding hydrogens is 356 g/mol.